The highest BCUT2D eigenvalue weighted by atomic mass is 35.5. The Labute approximate surface area is 194 Å². The van der Waals surface area contributed by atoms with E-state index in [9.17, 15) is 18.0 Å². The number of hydrogen-bond donors (Lipinski definition) is 3. The number of rotatable bonds is 8. The zero-order valence-corrected chi connectivity index (χ0v) is 19.5. The van der Waals surface area contributed by atoms with Crippen LogP contribution in [0, 0.1) is 11.8 Å². The lowest BCUT2D eigenvalue weighted by molar-refractivity contribution is -0.129. The molecule has 172 valence electrons. The molecule has 9 heteroatoms. The fraction of sp³-hybridized carbons (Fsp3) is 0.391. The number of carbonyl (C=O) groups is 2. The molecule has 0 bridgehead atoms. The average Bonchev–Trinajstić information content (AvgIpc) is 2.80. The van der Waals surface area contributed by atoms with Crippen LogP contribution < -0.4 is 15.4 Å². The summed E-state index contributed by atoms with van der Waals surface area (Å²) in [5.74, 6) is -0.503. The molecular weight excluding hydrogens is 450 g/mol. The molecule has 0 heterocycles. The largest absolute Gasteiger partial charge is 0.344 e. The minimum absolute atomic E-state index is 0.157. The molecule has 0 unspecified atom stereocenters. The summed E-state index contributed by atoms with van der Waals surface area (Å²) < 4.78 is 27.4. The summed E-state index contributed by atoms with van der Waals surface area (Å²) in [5, 5.41) is 5.93. The quantitative estimate of drug-likeness (QED) is 0.540. The molecule has 0 radical (unpaired) electrons. The Morgan fingerprint density at radius 1 is 1.00 bits per heavy atom. The van der Waals surface area contributed by atoms with Crippen molar-refractivity contribution in [2.75, 3.05) is 11.9 Å². The fourth-order valence-corrected chi connectivity index (χ4v) is 5.06. The first-order valence-electron chi connectivity index (χ1n) is 10.7. The maximum absolute atomic E-state index is 12.6. The van der Waals surface area contributed by atoms with E-state index in [2.05, 4.69) is 15.4 Å². The third kappa shape index (κ3) is 6.54. The highest BCUT2D eigenvalue weighted by molar-refractivity contribution is 7.89. The van der Waals surface area contributed by atoms with Gasteiger partial charge in [-0.2, -0.15) is 0 Å². The van der Waals surface area contributed by atoms with E-state index >= 15 is 0 Å². The van der Waals surface area contributed by atoms with Gasteiger partial charge in [-0.1, -0.05) is 41.9 Å². The molecule has 2 aromatic rings. The SMILES string of the molecule is C[C@@H](NC(=O)C1CCC(CNS(=O)(=O)c2ccccc2)CC1)C(=O)Nc1ccccc1Cl. The van der Waals surface area contributed by atoms with Crippen LogP contribution in [0.1, 0.15) is 32.6 Å². The number of hydrogen-bond acceptors (Lipinski definition) is 4. The van der Waals surface area contributed by atoms with Gasteiger partial charge < -0.3 is 10.6 Å². The van der Waals surface area contributed by atoms with Gasteiger partial charge in [-0.15, -0.1) is 0 Å². The van der Waals surface area contributed by atoms with Crippen molar-refractivity contribution in [2.45, 2.75) is 43.5 Å². The van der Waals surface area contributed by atoms with E-state index in [4.69, 9.17) is 11.6 Å². The summed E-state index contributed by atoms with van der Waals surface area (Å²) >= 11 is 6.06. The van der Waals surface area contributed by atoms with E-state index < -0.39 is 16.1 Å². The van der Waals surface area contributed by atoms with Crippen LogP contribution in [0.2, 0.25) is 5.02 Å². The summed E-state index contributed by atoms with van der Waals surface area (Å²) in [5.41, 5.74) is 0.499. The Kier molecular flexibility index (Phi) is 8.28. The van der Waals surface area contributed by atoms with Gasteiger partial charge in [0.2, 0.25) is 21.8 Å². The predicted molar refractivity (Wildman–Crippen MR) is 125 cm³/mol. The second-order valence-electron chi connectivity index (χ2n) is 8.08. The smallest absolute Gasteiger partial charge is 0.246 e. The van der Waals surface area contributed by atoms with Gasteiger partial charge in [-0.25, -0.2) is 13.1 Å². The normalized spacial score (nSPS) is 19.7. The molecule has 2 amide bonds. The molecule has 3 rings (SSSR count). The Balaban J connectivity index is 1.43. The Hall–Kier alpha value is -2.42. The monoisotopic (exact) mass is 477 g/mol. The number of carbonyl (C=O) groups excluding carboxylic acids is 2. The maximum Gasteiger partial charge on any atom is 0.246 e. The van der Waals surface area contributed by atoms with E-state index in [1.807, 2.05) is 0 Å². The number of benzene rings is 2. The first-order chi connectivity index (χ1) is 15.3. The molecule has 32 heavy (non-hydrogen) atoms. The van der Waals surface area contributed by atoms with E-state index in [0.29, 0.717) is 30.1 Å². The predicted octanol–water partition coefficient (Wildman–Crippen LogP) is 3.57. The van der Waals surface area contributed by atoms with Gasteiger partial charge in [0, 0.05) is 12.5 Å². The molecular formula is C23H28ClN3O4S. The van der Waals surface area contributed by atoms with Crippen LogP contribution in [-0.2, 0) is 19.6 Å². The van der Waals surface area contributed by atoms with Gasteiger partial charge in [0.25, 0.3) is 0 Å². The maximum atomic E-state index is 12.6. The van der Waals surface area contributed by atoms with Crippen molar-refractivity contribution in [3.8, 4) is 0 Å². The van der Waals surface area contributed by atoms with Crippen molar-refractivity contribution < 1.29 is 18.0 Å². The van der Waals surface area contributed by atoms with Gasteiger partial charge >= 0.3 is 0 Å². The van der Waals surface area contributed by atoms with Gasteiger partial charge in [0.1, 0.15) is 6.04 Å². The molecule has 0 spiro atoms. The number of halogens is 1. The first kappa shape index (κ1) is 24.2. The van der Waals surface area contributed by atoms with Crippen molar-refractivity contribution in [3.63, 3.8) is 0 Å². The van der Waals surface area contributed by atoms with Crippen molar-refractivity contribution in [1.82, 2.24) is 10.0 Å². The summed E-state index contributed by atoms with van der Waals surface area (Å²) in [6.45, 7) is 1.98. The summed E-state index contributed by atoms with van der Waals surface area (Å²) in [6.07, 6.45) is 2.80. The van der Waals surface area contributed by atoms with Crippen LogP contribution in [0.15, 0.2) is 59.5 Å². The van der Waals surface area contributed by atoms with E-state index in [1.54, 1.807) is 61.5 Å². The number of anilines is 1. The van der Waals surface area contributed by atoms with Gasteiger partial charge in [-0.05, 0) is 62.8 Å². The Morgan fingerprint density at radius 2 is 1.62 bits per heavy atom. The highest BCUT2D eigenvalue weighted by Crippen LogP contribution is 2.29. The second-order valence-corrected chi connectivity index (χ2v) is 10.3. The fourth-order valence-electron chi connectivity index (χ4n) is 3.74. The molecule has 0 aliphatic heterocycles. The first-order valence-corrected chi connectivity index (χ1v) is 12.5. The lowest BCUT2D eigenvalue weighted by atomic mass is 9.81. The molecule has 3 N–H and O–H groups in total. The summed E-state index contributed by atoms with van der Waals surface area (Å²) in [6, 6.07) is 14.5. The van der Waals surface area contributed by atoms with Crippen LogP contribution in [0.5, 0.6) is 0 Å². The molecule has 7 nitrogen and oxygen atoms in total. The van der Waals surface area contributed by atoms with Crippen molar-refractivity contribution in [1.29, 1.82) is 0 Å². The van der Waals surface area contributed by atoms with E-state index in [0.717, 1.165) is 12.8 Å². The molecule has 1 saturated carbocycles. The zero-order valence-electron chi connectivity index (χ0n) is 17.9. The molecule has 1 fully saturated rings. The molecule has 2 aromatic carbocycles. The minimum Gasteiger partial charge on any atom is -0.344 e. The van der Waals surface area contributed by atoms with Crippen LogP contribution in [0.4, 0.5) is 5.69 Å². The number of amides is 2. The van der Waals surface area contributed by atoms with E-state index in [1.165, 1.54) is 0 Å². The van der Waals surface area contributed by atoms with Gasteiger partial charge in [0.05, 0.1) is 15.6 Å². The molecule has 1 aliphatic carbocycles. The van der Waals surface area contributed by atoms with Gasteiger partial charge in [0.15, 0.2) is 0 Å². The summed E-state index contributed by atoms with van der Waals surface area (Å²) in [7, 11) is -3.53. The Bertz CT molecular complexity index is 1040. The van der Waals surface area contributed by atoms with Crippen LogP contribution in [0.3, 0.4) is 0 Å². The third-order valence-corrected chi connectivity index (χ3v) is 7.49. The Morgan fingerprint density at radius 3 is 2.28 bits per heavy atom. The number of para-hydroxylation sites is 1. The lowest BCUT2D eigenvalue weighted by Gasteiger charge is -2.28. The van der Waals surface area contributed by atoms with Crippen LogP contribution >= 0.6 is 11.6 Å². The molecule has 0 saturated heterocycles. The topological polar surface area (TPSA) is 104 Å². The molecule has 1 atom stereocenters. The van der Waals surface area contributed by atoms with Crippen LogP contribution in [0.25, 0.3) is 0 Å². The third-order valence-electron chi connectivity index (χ3n) is 5.72. The van der Waals surface area contributed by atoms with Crippen molar-refractivity contribution >= 4 is 39.1 Å². The molecule has 0 aromatic heterocycles. The van der Waals surface area contributed by atoms with Crippen LogP contribution in [-0.4, -0.2) is 32.8 Å². The van der Waals surface area contributed by atoms with Crippen molar-refractivity contribution in [3.05, 3.63) is 59.6 Å². The highest BCUT2D eigenvalue weighted by Gasteiger charge is 2.29. The van der Waals surface area contributed by atoms with E-state index in [-0.39, 0.29) is 28.5 Å². The zero-order chi connectivity index (χ0) is 23.1. The molecule has 1 aliphatic rings. The average molecular weight is 478 g/mol. The summed E-state index contributed by atoms with van der Waals surface area (Å²) in [4.78, 5) is 25.2. The van der Waals surface area contributed by atoms with Gasteiger partial charge in [-0.3, -0.25) is 9.59 Å². The standard InChI is InChI=1S/C23H28ClN3O4S/c1-16(22(28)27-21-10-6-5-9-20(21)24)26-23(29)18-13-11-17(12-14-18)15-25-32(30,31)19-7-3-2-4-8-19/h2-10,16-18,25H,11-15H2,1H3,(H,26,29)(H,27,28)/t16-,17?,18?/m1/s1. The lowest BCUT2D eigenvalue weighted by Crippen LogP contribution is -2.45. The number of sulfonamides is 1. The van der Waals surface area contributed by atoms with Crippen molar-refractivity contribution in [2.24, 2.45) is 11.8 Å². The number of nitrogens with one attached hydrogen (secondary N) is 3. The second kappa shape index (κ2) is 10.9. The minimum atomic E-state index is -3.53.